The topological polar surface area (TPSA) is 63.8 Å². The zero-order valence-corrected chi connectivity index (χ0v) is 8.29. The summed E-state index contributed by atoms with van der Waals surface area (Å²) in [6, 6.07) is 0. The van der Waals surface area contributed by atoms with Gasteiger partial charge in [0.25, 0.3) is 0 Å². The zero-order valence-electron chi connectivity index (χ0n) is 8.29. The minimum Gasteiger partial charge on any atom is -0.389 e. The molecular weight excluding hydrogens is 211 g/mol. The van der Waals surface area contributed by atoms with Gasteiger partial charge in [-0.15, -0.1) is 0 Å². The Labute approximate surface area is 90.9 Å². The Morgan fingerprint density at radius 2 is 2.31 bits per heavy atom. The fourth-order valence-electron chi connectivity index (χ4n) is 1.17. The highest BCUT2D eigenvalue weighted by Gasteiger charge is 2.01. The van der Waals surface area contributed by atoms with Crippen LogP contribution in [0.3, 0.4) is 0 Å². The Hall–Kier alpha value is -2.08. The second-order valence-electron chi connectivity index (χ2n) is 3.02. The lowest BCUT2D eigenvalue weighted by Gasteiger charge is -1.96. The molecule has 0 aliphatic carbocycles. The maximum Gasteiger partial charge on any atom is 0.156 e. The van der Waals surface area contributed by atoms with Crippen molar-refractivity contribution in [3.05, 3.63) is 42.6 Å². The summed E-state index contributed by atoms with van der Waals surface area (Å²) in [5.74, 6) is -0.0385. The lowest BCUT2D eigenvalue weighted by atomic mass is 10.4. The lowest BCUT2D eigenvalue weighted by Crippen LogP contribution is -1.93. The van der Waals surface area contributed by atoms with Crippen molar-refractivity contribution in [2.24, 2.45) is 0 Å². The average Bonchev–Trinajstić information content (AvgIpc) is 2.78. The van der Waals surface area contributed by atoms with Crippen LogP contribution in [0.1, 0.15) is 5.69 Å². The molecular formula is C10H9FN4O. The summed E-state index contributed by atoms with van der Waals surface area (Å²) >= 11 is 0. The first-order chi connectivity index (χ1) is 7.79. The zero-order chi connectivity index (χ0) is 11.4. The summed E-state index contributed by atoms with van der Waals surface area (Å²) in [5.41, 5.74) is 0.414. The van der Waals surface area contributed by atoms with E-state index in [2.05, 4.69) is 15.0 Å². The molecule has 0 saturated heterocycles. The number of hydrogen-bond donors (Lipinski definition) is 1. The van der Waals surface area contributed by atoms with Crippen LogP contribution < -0.4 is 0 Å². The summed E-state index contributed by atoms with van der Waals surface area (Å²) in [7, 11) is 0. The predicted molar refractivity (Wildman–Crippen MR) is 55.3 cm³/mol. The lowest BCUT2D eigenvalue weighted by molar-refractivity contribution is 0.300. The van der Waals surface area contributed by atoms with Gasteiger partial charge in [-0.25, -0.2) is 14.4 Å². The molecule has 2 aromatic rings. The van der Waals surface area contributed by atoms with Gasteiger partial charge in [-0.2, -0.15) is 0 Å². The summed E-state index contributed by atoms with van der Waals surface area (Å²) in [5, 5.41) is 8.52. The molecule has 0 radical (unpaired) electrons. The molecule has 0 amide bonds. The maximum atomic E-state index is 12.8. The van der Waals surface area contributed by atoms with E-state index < -0.39 is 12.4 Å². The van der Waals surface area contributed by atoms with Gasteiger partial charge in [-0.3, -0.25) is 9.55 Å². The van der Waals surface area contributed by atoms with E-state index in [-0.39, 0.29) is 0 Å². The van der Waals surface area contributed by atoms with Gasteiger partial charge >= 0.3 is 0 Å². The van der Waals surface area contributed by atoms with Crippen molar-refractivity contribution in [1.29, 1.82) is 0 Å². The third kappa shape index (κ3) is 2.29. The molecule has 0 aliphatic rings. The van der Waals surface area contributed by atoms with E-state index in [1.807, 2.05) is 0 Å². The first-order valence-corrected chi connectivity index (χ1v) is 4.57. The van der Waals surface area contributed by atoms with Gasteiger partial charge in [0.1, 0.15) is 12.2 Å². The number of rotatable bonds is 3. The predicted octanol–water partition coefficient (Wildman–Crippen LogP) is 0.965. The minimum atomic E-state index is -0.635. The third-order valence-electron chi connectivity index (χ3n) is 1.87. The van der Waals surface area contributed by atoms with Crippen LogP contribution in [-0.2, 0) is 0 Å². The molecule has 1 N–H and O–H groups in total. The summed E-state index contributed by atoms with van der Waals surface area (Å²) in [6.45, 7) is -0.627. The van der Waals surface area contributed by atoms with Crippen LogP contribution in [0.5, 0.6) is 0 Å². The van der Waals surface area contributed by atoms with Gasteiger partial charge < -0.3 is 5.11 Å². The number of aliphatic hydroxyl groups excluding tert-OH is 1. The summed E-state index contributed by atoms with van der Waals surface area (Å²) in [6.07, 6.45) is 8.94. The van der Waals surface area contributed by atoms with Crippen LogP contribution in [0.25, 0.3) is 11.9 Å². The number of halogens is 1. The third-order valence-corrected chi connectivity index (χ3v) is 1.87. The Kier molecular flexibility index (Phi) is 3.02. The van der Waals surface area contributed by atoms with E-state index in [0.717, 1.165) is 6.08 Å². The smallest absolute Gasteiger partial charge is 0.156 e. The van der Waals surface area contributed by atoms with E-state index in [1.54, 1.807) is 29.4 Å². The van der Waals surface area contributed by atoms with Gasteiger partial charge in [-0.1, -0.05) is 0 Å². The molecule has 0 atom stereocenters. The fourth-order valence-corrected chi connectivity index (χ4v) is 1.17. The van der Waals surface area contributed by atoms with Crippen molar-refractivity contribution in [2.45, 2.75) is 0 Å². The van der Waals surface area contributed by atoms with Gasteiger partial charge in [0.15, 0.2) is 5.82 Å². The fraction of sp³-hybridized carbons (Fsp3) is 0.100. The molecule has 0 bridgehead atoms. The van der Waals surface area contributed by atoms with Crippen molar-refractivity contribution in [1.82, 2.24) is 19.5 Å². The Morgan fingerprint density at radius 3 is 3.00 bits per heavy atom. The average molecular weight is 220 g/mol. The molecule has 0 unspecified atom stereocenters. The van der Waals surface area contributed by atoms with E-state index in [9.17, 15) is 4.39 Å². The van der Waals surface area contributed by atoms with Gasteiger partial charge in [0, 0.05) is 18.6 Å². The Balaban J connectivity index is 2.27. The monoisotopic (exact) mass is 220 g/mol. The molecule has 0 aromatic carbocycles. The highest BCUT2D eigenvalue weighted by molar-refractivity contribution is 5.46. The second kappa shape index (κ2) is 4.63. The second-order valence-corrected chi connectivity index (χ2v) is 3.02. The van der Waals surface area contributed by atoms with E-state index >= 15 is 0 Å². The molecule has 5 nitrogen and oxygen atoms in total. The largest absolute Gasteiger partial charge is 0.389 e. The van der Waals surface area contributed by atoms with Gasteiger partial charge in [0.2, 0.25) is 0 Å². The molecule has 82 valence electrons. The molecule has 0 spiro atoms. The van der Waals surface area contributed by atoms with E-state index in [4.69, 9.17) is 5.11 Å². The first-order valence-electron chi connectivity index (χ1n) is 4.57. The molecule has 2 rings (SSSR count). The first kappa shape index (κ1) is 10.4. The van der Waals surface area contributed by atoms with Crippen molar-refractivity contribution in [3.63, 3.8) is 0 Å². The number of hydrogen-bond acceptors (Lipinski definition) is 4. The normalized spacial score (nSPS) is 11.8. The quantitative estimate of drug-likeness (QED) is 0.836. The number of nitrogens with zero attached hydrogens (tertiary/aromatic N) is 4. The van der Waals surface area contributed by atoms with Gasteiger partial charge in [-0.05, 0) is 6.08 Å². The van der Waals surface area contributed by atoms with Crippen LogP contribution in [0.4, 0.5) is 4.39 Å². The maximum absolute atomic E-state index is 12.8. The molecule has 6 heteroatoms. The van der Waals surface area contributed by atoms with E-state index in [1.165, 1.54) is 6.33 Å². The number of aliphatic hydroxyl groups is 1. The summed E-state index contributed by atoms with van der Waals surface area (Å²) < 4.78 is 14.4. The highest BCUT2D eigenvalue weighted by Crippen LogP contribution is 2.08. The van der Waals surface area contributed by atoms with Gasteiger partial charge in [0.05, 0.1) is 18.5 Å². The van der Waals surface area contributed by atoms with Crippen LogP contribution in [0.15, 0.2) is 36.9 Å². The molecule has 16 heavy (non-hydrogen) atoms. The summed E-state index contributed by atoms with van der Waals surface area (Å²) in [4.78, 5) is 11.9. The van der Waals surface area contributed by atoms with Crippen LogP contribution in [0.2, 0.25) is 0 Å². The number of imidazole rings is 1. The molecule has 2 heterocycles. The van der Waals surface area contributed by atoms with Crippen molar-refractivity contribution >= 4 is 6.08 Å². The molecule has 0 saturated carbocycles. The Morgan fingerprint density at radius 1 is 1.44 bits per heavy atom. The van der Waals surface area contributed by atoms with Crippen LogP contribution in [-0.4, -0.2) is 31.2 Å². The van der Waals surface area contributed by atoms with Crippen LogP contribution >= 0.6 is 0 Å². The SMILES string of the molecule is OC/C(F)=C\c1cn(-c2cnccn2)cn1. The minimum absolute atomic E-state index is 0.414. The highest BCUT2D eigenvalue weighted by atomic mass is 19.1. The van der Waals surface area contributed by atoms with Crippen LogP contribution in [0, 0.1) is 0 Å². The number of aromatic nitrogens is 4. The molecule has 0 aliphatic heterocycles. The standard InChI is InChI=1S/C10H9FN4O/c11-8(6-16)3-9-5-15(7-14-9)10-4-12-1-2-13-10/h1-5,7,16H,6H2/b8-3+. The van der Waals surface area contributed by atoms with Crippen molar-refractivity contribution in [3.8, 4) is 5.82 Å². The van der Waals surface area contributed by atoms with Crippen molar-refractivity contribution in [2.75, 3.05) is 6.61 Å². The van der Waals surface area contributed by atoms with Crippen molar-refractivity contribution < 1.29 is 9.50 Å². The Bertz CT molecular complexity index is 495. The molecule has 2 aromatic heterocycles. The van der Waals surface area contributed by atoms with E-state index in [0.29, 0.717) is 11.5 Å². The molecule has 0 fully saturated rings.